The molecule has 0 saturated carbocycles. The van der Waals surface area contributed by atoms with Crippen molar-refractivity contribution in [2.45, 2.75) is 12.1 Å². The number of nitriles is 1. The Balaban J connectivity index is 3.45. The average Bonchev–Trinajstić information content (AvgIpc) is 2.25. The van der Waals surface area contributed by atoms with Gasteiger partial charge in [0.1, 0.15) is 5.75 Å². The molecule has 2 nitrogen and oxygen atoms in total. The first-order valence-electron chi connectivity index (χ1n) is 4.18. The summed E-state index contributed by atoms with van der Waals surface area (Å²) in [5.41, 5.74) is -1.26. The largest absolute Gasteiger partial charge is 0.496 e. The first kappa shape index (κ1) is 12.7. The third-order valence-corrected chi connectivity index (χ3v) is 2.28. The van der Waals surface area contributed by atoms with Gasteiger partial charge in [-0.1, -0.05) is 0 Å². The zero-order chi connectivity index (χ0) is 12.3. The lowest BCUT2D eigenvalue weighted by Gasteiger charge is -2.13. The van der Waals surface area contributed by atoms with Crippen LogP contribution >= 0.6 is 11.6 Å². The van der Waals surface area contributed by atoms with Gasteiger partial charge in [-0.2, -0.15) is 18.4 Å². The molecule has 0 bridgehead atoms. The zero-order valence-electron chi connectivity index (χ0n) is 8.23. The second-order valence-corrected chi connectivity index (χ2v) is 3.22. The predicted octanol–water partition coefficient (Wildman–Crippen LogP) is 3.32. The van der Waals surface area contributed by atoms with Gasteiger partial charge in [-0.3, -0.25) is 0 Å². The van der Waals surface area contributed by atoms with E-state index in [0.717, 1.165) is 12.1 Å². The fourth-order valence-corrected chi connectivity index (χ4v) is 1.45. The maximum atomic E-state index is 12.6. The van der Waals surface area contributed by atoms with Gasteiger partial charge in [0.05, 0.1) is 30.2 Å². The second-order valence-electron chi connectivity index (χ2n) is 2.95. The summed E-state index contributed by atoms with van der Waals surface area (Å²) in [4.78, 5) is 0. The van der Waals surface area contributed by atoms with Gasteiger partial charge in [-0.25, -0.2) is 0 Å². The molecule has 1 aromatic carbocycles. The summed E-state index contributed by atoms with van der Waals surface area (Å²) >= 11 is 5.50. The fourth-order valence-electron chi connectivity index (χ4n) is 1.25. The number of halogens is 4. The Labute approximate surface area is 95.2 Å². The number of hydrogen-bond donors (Lipinski definition) is 0. The van der Waals surface area contributed by atoms with E-state index in [1.54, 1.807) is 0 Å². The molecule has 86 valence electrons. The van der Waals surface area contributed by atoms with E-state index in [1.165, 1.54) is 13.2 Å². The normalized spacial score (nSPS) is 11.0. The minimum atomic E-state index is -4.57. The number of methoxy groups -OCH3 is 1. The molecule has 16 heavy (non-hydrogen) atoms. The van der Waals surface area contributed by atoms with Crippen molar-refractivity contribution >= 4 is 11.6 Å². The SMILES string of the molecule is COc1cc(C#N)c(C(F)(F)F)cc1CCl. The van der Waals surface area contributed by atoms with Gasteiger partial charge in [0.25, 0.3) is 0 Å². The molecule has 0 aliphatic heterocycles. The van der Waals surface area contributed by atoms with Crippen LogP contribution in [0.2, 0.25) is 0 Å². The predicted molar refractivity (Wildman–Crippen MR) is 52.3 cm³/mol. The van der Waals surface area contributed by atoms with Crippen LogP contribution < -0.4 is 4.74 Å². The topological polar surface area (TPSA) is 33.0 Å². The molecular formula is C10H7ClF3NO. The van der Waals surface area contributed by atoms with E-state index < -0.39 is 17.3 Å². The molecule has 0 saturated heterocycles. The molecule has 0 amide bonds. The van der Waals surface area contributed by atoms with Crippen LogP contribution in [0.4, 0.5) is 13.2 Å². The standard InChI is InChI=1S/C10H7ClF3NO/c1-16-9-3-7(5-15)8(10(12,13)14)2-6(9)4-11/h2-3H,4H2,1H3. The van der Waals surface area contributed by atoms with E-state index in [0.29, 0.717) is 0 Å². The Kier molecular flexibility index (Phi) is 3.66. The molecule has 0 aromatic heterocycles. The number of benzene rings is 1. The zero-order valence-corrected chi connectivity index (χ0v) is 8.99. The molecule has 6 heteroatoms. The van der Waals surface area contributed by atoms with Crippen molar-refractivity contribution in [3.05, 3.63) is 28.8 Å². The number of alkyl halides is 4. The van der Waals surface area contributed by atoms with Gasteiger partial charge in [0.2, 0.25) is 0 Å². The summed E-state index contributed by atoms with van der Waals surface area (Å²) < 4.78 is 42.5. The Bertz CT molecular complexity index is 437. The lowest BCUT2D eigenvalue weighted by Crippen LogP contribution is -2.09. The molecular weight excluding hydrogens is 243 g/mol. The van der Waals surface area contributed by atoms with Crippen molar-refractivity contribution < 1.29 is 17.9 Å². The molecule has 0 radical (unpaired) electrons. The highest BCUT2D eigenvalue weighted by molar-refractivity contribution is 6.17. The molecule has 0 aliphatic carbocycles. The summed E-state index contributed by atoms with van der Waals surface area (Å²) in [5.74, 6) is 0.0670. The third kappa shape index (κ3) is 2.39. The maximum Gasteiger partial charge on any atom is 0.417 e. The molecule has 0 unspecified atom stereocenters. The molecule has 0 fully saturated rings. The lowest BCUT2D eigenvalue weighted by atomic mass is 10.0. The van der Waals surface area contributed by atoms with Crippen LogP contribution in [-0.2, 0) is 12.1 Å². The van der Waals surface area contributed by atoms with Crippen LogP contribution in [0, 0.1) is 11.3 Å². The van der Waals surface area contributed by atoms with Crippen molar-refractivity contribution in [2.75, 3.05) is 7.11 Å². The van der Waals surface area contributed by atoms with E-state index in [4.69, 9.17) is 21.6 Å². The van der Waals surface area contributed by atoms with E-state index in [1.807, 2.05) is 0 Å². The number of ether oxygens (including phenoxy) is 1. The van der Waals surface area contributed by atoms with Crippen LogP contribution in [0.25, 0.3) is 0 Å². The Morgan fingerprint density at radius 2 is 2.06 bits per heavy atom. The molecule has 1 rings (SSSR count). The Hall–Kier alpha value is -1.41. The molecule has 0 atom stereocenters. The van der Waals surface area contributed by atoms with Crippen LogP contribution in [0.3, 0.4) is 0 Å². The van der Waals surface area contributed by atoms with Gasteiger partial charge in [0.15, 0.2) is 0 Å². The van der Waals surface area contributed by atoms with Crippen molar-refractivity contribution in [1.29, 1.82) is 5.26 Å². The van der Waals surface area contributed by atoms with Gasteiger partial charge in [-0.05, 0) is 12.1 Å². The van der Waals surface area contributed by atoms with Crippen LogP contribution in [0.15, 0.2) is 12.1 Å². The van der Waals surface area contributed by atoms with E-state index in [9.17, 15) is 13.2 Å². The highest BCUT2D eigenvalue weighted by Crippen LogP contribution is 2.35. The summed E-state index contributed by atoms with van der Waals surface area (Å²) in [6.45, 7) is 0. The Morgan fingerprint density at radius 3 is 2.44 bits per heavy atom. The van der Waals surface area contributed by atoms with Crippen molar-refractivity contribution in [2.24, 2.45) is 0 Å². The fraction of sp³-hybridized carbons (Fsp3) is 0.300. The van der Waals surface area contributed by atoms with Crippen LogP contribution in [0.5, 0.6) is 5.75 Å². The van der Waals surface area contributed by atoms with Gasteiger partial charge in [0, 0.05) is 5.56 Å². The van der Waals surface area contributed by atoms with Crippen LogP contribution in [0.1, 0.15) is 16.7 Å². The quantitative estimate of drug-likeness (QED) is 0.753. The molecule has 0 spiro atoms. The van der Waals surface area contributed by atoms with Crippen molar-refractivity contribution in [3.8, 4) is 11.8 Å². The number of nitrogens with zero attached hydrogens (tertiary/aromatic N) is 1. The second kappa shape index (κ2) is 4.62. The molecule has 0 aliphatic rings. The molecule has 0 N–H and O–H groups in total. The van der Waals surface area contributed by atoms with Gasteiger partial charge in [-0.15, -0.1) is 11.6 Å². The average molecular weight is 250 g/mol. The highest BCUT2D eigenvalue weighted by atomic mass is 35.5. The number of hydrogen-bond acceptors (Lipinski definition) is 2. The summed E-state index contributed by atoms with van der Waals surface area (Å²) in [6, 6.07) is 3.36. The monoisotopic (exact) mass is 249 g/mol. The van der Waals surface area contributed by atoms with Crippen LogP contribution in [-0.4, -0.2) is 7.11 Å². The first-order chi connectivity index (χ1) is 7.43. The maximum absolute atomic E-state index is 12.6. The summed E-state index contributed by atoms with van der Waals surface area (Å²) in [5, 5.41) is 8.63. The minimum absolute atomic E-state index is 0.113. The van der Waals surface area contributed by atoms with E-state index in [-0.39, 0.29) is 17.2 Å². The lowest BCUT2D eigenvalue weighted by molar-refractivity contribution is -0.137. The minimum Gasteiger partial charge on any atom is -0.496 e. The summed E-state index contributed by atoms with van der Waals surface area (Å²) in [6.07, 6.45) is -4.57. The smallest absolute Gasteiger partial charge is 0.417 e. The highest BCUT2D eigenvalue weighted by Gasteiger charge is 2.34. The Morgan fingerprint density at radius 1 is 1.44 bits per heavy atom. The third-order valence-electron chi connectivity index (χ3n) is 1.99. The van der Waals surface area contributed by atoms with Gasteiger partial charge >= 0.3 is 6.18 Å². The van der Waals surface area contributed by atoms with E-state index >= 15 is 0 Å². The summed E-state index contributed by atoms with van der Waals surface area (Å²) in [7, 11) is 1.31. The number of rotatable bonds is 2. The van der Waals surface area contributed by atoms with Crippen molar-refractivity contribution in [3.63, 3.8) is 0 Å². The van der Waals surface area contributed by atoms with Crippen molar-refractivity contribution in [1.82, 2.24) is 0 Å². The molecule has 1 aromatic rings. The van der Waals surface area contributed by atoms with E-state index in [2.05, 4.69) is 0 Å². The van der Waals surface area contributed by atoms with Gasteiger partial charge < -0.3 is 4.74 Å². The first-order valence-corrected chi connectivity index (χ1v) is 4.71. The molecule has 0 heterocycles.